The Labute approximate surface area is 102 Å². The van der Waals surface area contributed by atoms with Gasteiger partial charge in [0.25, 0.3) is 0 Å². The van der Waals surface area contributed by atoms with Crippen molar-refractivity contribution in [3.63, 3.8) is 0 Å². The van der Waals surface area contributed by atoms with Crippen molar-refractivity contribution in [2.75, 3.05) is 6.54 Å². The molecule has 17 heavy (non-hydrogen) atoms. The van der Waals surface area contributed by atoms with E-state index in [1.54, 1.807) is 26.3 Å². The van der Waals surface area contributed by atoms with Crippen LogP contribution in [0.1, 0.15) is 40.5 Å². The first kappa shape index (κ1) is 15.7. The van der Waals surface area contributed by atoms with Crippen molar-refractivity contribution < 1.29 is 19.5 Å². The molecule has 1 unspecified atom stereocenters. The van der Waals surface area contributed by atoms with E-state index >= 15 is 0 Å². The van der Waals surface area contributed by atoms with Crippen LogP contribution in [0, 0.1) is 5.92 Å². The fourth-order valence-corrected chi connectivity index (χ4v) is 1.11. The summed E-state index contributed by atoms with van der Waals surface area (Å²) in [7, 11) is 0. The number of carbonyl (C=O) groups is 2. The Bertz CT molecular complexity index is 261. The van der Waals surface area contributed by atoms with E-state index in [1.807, 2.05) is 6.92 Å². The summed E-state index contributed by atoms with van der Waals surface area (Å²) in [5.74, 6) is -0.283. The van der Waals surface area contributed by atoms with Crippen molar-refractivity contribution in [3.8, 4) is 0 Å². The summed E-state index contributed by atoms with van der Waals surface area (Å²) in [5.41, 5.74) is 1.06. The number of nitrogens with one attached hydrogen (secondary N) is 2. The molecule has 6 heteroatoms. The largest absolute Gasteiger partial charge is 0.444 e. The van der Waals surface area contributed by atoms with Gasteiger partial charge in [-0.25, -0.2) is 10.3 Å². The Hall–Kier alpha value is -1.30. The van der Waals surface area contributed by atoms with E-state index in [0.29, 0.717) is 13.0 Å². The zero-order valence-corrected chi connectivity index (χ0v) is 10.9. The van der Waals surface area contributed by atoms with Crippen LogP contribution in [0.4, 0.5) is 4.79 Å². The van der Waals surface area contributed by atoms with Crippen LogP contribution in [-0.2, 0) is 9.53 Å². The van der Waals surface area contributed by atoms with Gasteiger partial charge in [-0.2, -0.15) is 0 Å². The third-order valence-electron chi connectivity index (χ3n) is 1.98. The molecule has 0 bridgehead atoms. The van der Waals surface area contributed by atoms with Gasteiger partial charge in [-0.15, -0.1) is 0 Å². The molecule has 6 nitrogen and oxygen atoms in total. The summed E-state index contributed by atoms with van der Waals surface area (Å²) in [5, 5.41) is 10.9. The molecule has 0 heterocycles. The Balaban J connectivity index is 3.73. The minimum atomic E-state index is -0.510. The van der Waals surface area contributed by atoms with Gasteiger partial charge in [-0.3, -0.25) is 10.0 Å². The predicted octanol–water partition coefficient (Wildman–Crippen LogP) is 1.43. The molecule has 0 fully saturated rings. The first-order valence-electron chi connectivity index (χ1n) is 5.64. The fourth-order valence-electron chi connectivity index (χ4n) is 1.11. The molecule has 0 saturated heterocycles. The molecule has 0 aliphatic rings. The summed E-state index contributed by atoms with van der Waals surface area (Å²) in [6.45, 7) is 7.72. The van der Waals surface area contributed by atoms with E-state index in [9.17, 15) is 9.59 Å². The van der Waals surface area contributed by atoms with Crippen molar-refractivity contribution in [2.24, 2.45) is 5.92 Å². The smallest absolute Gasteiger partial charge is 0.407 e. The topological polar surface area (TPSA) is 87.7 Å². The van der Waals surface area contributed by atoms with E-state index < -0.39 is 17.6 Å². The van der Waals surface area contributed by atoms with Crippen LogP contribution >= 0.6 is 0 Å². The van der Waals surface area contributed by atoms with E-state index in [1.165, 1.54) is 0 Å². The molecule has 0 rings (SSSR count). The van der Waals surface area contributed by atoms with Crippen LogP contribution < -0.4 is 10.8 Å². The van der Waals surface area contributed by atoms with E-state index in [0.717, 1.165) is 0 Å². The Kier molecular flexibility index (Phi) is 6.57. The quantitative estimate of drug-likeness (QED) is 0.506. The summed E-state index contributed by atoms with van der Waals surface area (Å²) in [4.78, 5) is 22.1. The minimum absolute atomic E-state index is 0.139. The molecular formula is C11H22N2O4. The lowest BCUT2D eigenvalue weighted by Crippen LogP contribution is -2.35. The molecule has 1 atom stereocenters. The summed E-state index contributed by atoms with van der Waals surface area (Å²) < 4.78 is 5.07. The zero-order chi connectivity index (χ0) is 13.5. The molecule has 0 aromatic carbocycles. The van der Waals surface area contributed by atoms with Gasteiger partial charge < -0.3 is 10.1 Å². The summed E-state index contributed by atoms with van der Waals surface area (Å²) in [6.07, 6.45) is 0.353. The van der Waals surface area contributed by atoms with Gasteiger partial charge in [-0.1, -0.05) is 6.92 Å². The Morgan fingerprint density at radius 3 is 2.41 bits per heavy atom. The summed E-state index contributed by atoms with van der Waals surface area (Å²) in [6, 6.07) is 0. The maximum absolute atomic E-state index is 11.3. The van der Waals surface area contributed by atoms with Gasteiger partial charge >= 0.3 is 6.09 Å². The van der Waals surface area contributed by atoms with Crippen molar-refractivity contribution in [3.05, 3.63) is 0 Å². The van der Waals surface area contributed by atoms with Crippen LogP contribution in [0.5, 0.6) is 0 Å². The minimum Gasteiger partial charge on any atom is -0.444 e. The van der Waals surface area contributed by atoms with E-state index in [-0.39, 0.29) is 12.3 Å². The number of hydrogen-bond acceptors (Lipinski definition) is 4. The predicted molar refractivity (Wildman–Crippen MR) is 62.6 cm³/mol. The lowest BCUT2D eigenvalue weighted by Gasteiger charge is -2.20. The van der Waals surface area contributed by atoms with Crippen LogP contribution in [-0.4, -0.2) is 29.4 Å². The number of hydrogen-bond donors (Lipinski definition) is 3. The number of alkyl carbamates (subject to hydrolysis) is 1. The highest BCUT2D eigenvalue weighted by atomic mass is 16.6. The molecule has 2 amide bonds. The van der Waals surface area contributed by atoms with E-state index in [4.69, 9.17) is 9.94 Å². The molecule has 0 aliphatic heterocycles. The van der Waals surface area contributed by atoms with Gasteiger partial charge in [0.15, 0.2) is 0 Å². The van der Waals surface area contributed by atoms with Gasteiger partial charge in [0.05, 0.1) is 0 Å². The molecule has 0 aromatic heterocycles. The molecule has 3 N–H and O–H groups in total. The SMILES string of the molecule is CC(CCC(=O)NO)CNC(=O)OC(C)(C)C. The van der Waals surface area contributed by atoms with Crippen molar-refractivity contribution in [1.29, 1.82) is 0 Å². The van der Waals surface area contributed by atoms with Crippen LogP contribution in [0.25, 0.3) is 0 Å². The second kappa shape index (κ2) is 7.11. The third kappa shape index (κ3) is 9.62. The lowest BCUT2D eigenvalue weighted by molar-refractivity contribution is -0.129. The first-order valence-corrected chi connectivity index (χ1v) is 5.64. The highest BCUT2D eigenvalue weighted by Crippen LogP contribution is 2.07. The fraction of sp³-hybridized carbons (Fsp3) is 0.818. The highest BCUT2D eigenvalue weighted by Gasteiger charge is 2.16. The number of amides is 2. The van der Waals surface area contributed by atoms with Crippen molar-refractivity contribution >= 4 is 12.0 Å². The molecule has 0 aromatic rings. The molecule has 100 valence electrons. The van der Waals surface area contributed by atoms with E-state index in [2.05, 4.69) is 5.32 Å². The third-order valence-corrected chi connectivity index (χ3v) is 1.98. The summed E-state index contributed by atoms with van der Waals surface area (Å²) >= 11 is 0. The zero-order valence-electron chi connectivity index (χ0n) is 10.9. The van der Waals surface area contributed by atoms with Crippen molar-refractivity contribution in [2.45, 2.75) is 46.1 Å². The molecule has 0 saturated carbocycles. The lowest BCUT2D eigenvalue weighted by atomic mass is 10.1. The standard InChI is InChI=1S/C11H22N2O4/c1-8(5-6-9(14)13-16)7-12-10(15)17-11(2,3)4/h8,16H,5-7H2,1-4H3,(H,12,15)(H,13,14). The van der Waals surface area contributed by atoms with Crippen LogP contribution in [0.2, 0.25) is 0 Å². The van der Waals surface area contributed by atoms with Gasteiger partial charge in [0.1, 0.15) is 5.60 Å². The normalized spacial score (nSPS) is 12.8. The molecule has 0 aliphatic carbocycles. The van der Waals surface area contributed by atoms with Gasteiger partial charge in [0.2, 0.25) is 5.91 Å². The van der Waals surface area contributed by atoms with Gasteiger partial charge in [0, 0.05) is 13.0 Å². The Morgan fingerprint density at radius 1 is 1.35 bits per heavy atom. The maximum Gasteiger partial charge on any atom is 0.407 e. The molecule has 0 spiro atoms. The highest BCUT2D eigenvalue weighted by molar-refractivity contribution is 5.74. The second-order valence-corrected chi connectivity index (χ2v) is 5.06. The number of rotatable bonds is 5. The van der Waals surface area contributed by atoms with Crippen molar-refractivity contribution in [1.82, 2.24) is 10.8 Å². The second-order valence-electron chi connectivity index (χ2n) is 5.06. The van der Waals surface area contributed by atoms with Gasteiger partial charge in [-0.05, 0) is 33.1 Å². The maximum atomic E-state index is 11.3. The number of hydroxylamine groups is 1. The Morgan fingerprint density at radius 2 is 1.94 bits per heavy atom. The average molecular weight is 246 g/mol. The van der Waals surface area contributed by atoms with Crippen LogP contribution in [0.15, 0.2) is 0 Å². The first-order chi connectivity index (χ1) is 7.74. The molecular weight excluding hydrogens is 224 g/mol. The number of carbonyl (C=O) groups excluding carboxylic acids is 2. The number of ether oxygens (including phenoxy) is 1. The average Bonchev–Trinajstić information content (AvgIpc) is 2.20. The monoisotopic (exact) mass is 246 g/mol. The van der Waals surface area contributed by atoms with Crippen LogP contribution in [0.3, 0.4) is 0 Å². The molecule has 0 radical (unpaired) electrons.